The van der Waals surface area contributed by atoms with Crippen LogP contribution in [0, 0.1) is 5.82 Å². The highest BCUT2D eigenvalue weighted by Crippen LogP contribution is 2.13. The van der Waals surface area contributed by atoms with Crippen molar-refractivity contribution < 1.29 is 19.0 Å². The maximum absolute atomic E-state index is 13.6. The Balaban J connectivity index is 1.78. The zero-order valence-corrected chi connectivity index (χ0v) is 12.8. The predicted octanol–water partition coefficient (Wildman–Crippen LogP) is 1.03. The van der Waals surface area contributed by atoms with Crippen LogP contribution in [0.2, 0.25) is 0 Å². The Kier molecular flexibility index (Phi) is 6.30. The van der Waals surface area contributed by atoms with E-state index in [0.717, 1.165) is 25.9 Å². The lowest BCUT2D eigenvalue weighted by Gasteiger charge is -2.33. The van der Waals surface area contributed by atoms with Gasteiger partial charge in [-0.1, -0.05) is 12.1 Å². The molecule has 1 aromatic carbocycles. The number of hydrogen-bond acceptors (Lipinski definition) is 4. The Bertz CT molecular complexity index is 490. The lowest BCUT2D eigenvalue weighted by molar-refractivity contribution is 0.0309. The average Bonchev–Trinajstić information content (AvgIpc) is 2.50. The number of carbonyl (C=O) groups excluding carboxylic acids is 1. The van der Waals surface area contributed by atoms with Crippen LogP contribution < -0.4 is 5.32 Å². The fourth-order valence-corrected chi connectivity index (χ4v) is 2.71. The number of ether oxygens (including phenoxy) is 1. The molecule has 1 aliphatic rings. The van der Waals surface area contributed by atoms with Crippen molar-refractivity contribution in [3.8, 4) is 0 Å². The summed E-state index contributed by atoms with van der Waals surface area (Å²) in [6.45, 7) is 2.48. The minimum atomic E-state index is -0.500. The van der Waals surface area contributed by atoms with E-state index in [-0.39, 0.29) is 17.5 Å². The van der Waals surface area contributed by atoms with Gasteiger partial charge >= 0.3 is 0 Å². The molecule has 0 saturated carbocycles. The molecule has 1 heterocycles. The fourth-order valence-electron chi connectivity index (χ4n) is 2.71. The molecule has 2 rings (SSSR count). The third kappa shape index (κ3) is 4.76. The van der Waals surface area contributed by atoms with Crippen LogP contribution in [0.25, 0.3) is 0 Å². The van der Waals surface area contributed by atoms with Crippen LogP contribution in [-0.4, -0.2) is 61.4 Å². The largest absolute Gasteiger partial charge is 0.389 e. The van der Waals surface area contributed by atoms with Crippen LogP contribution in [0.4, 0.5) is 4.39 Å². The molecule has 5 nitrogen and oxygen atoms in total. The van der Waals surface area contributed by atoms with Gasteiger partial charge in [-0.3, -0.25) is 4.79 Å². The van der Waals surface area contributed by atoms with Crippen molar-refractivity contribution in [1.82, 2.24) is 10.2 Å². The third-order valence-corrected chi connectivity index (χ3v) is 3.87. The second-order valence-electron chi connectivity index (χ2n) is 5.64. The minimum absolute atomic E-state index is 0.0444. The third-order valence-electron chi connectivity index (χ3n) is 3.87. The number of nitrogens with one attached hydrogen (secondary N) is 1. The van der Waals surface area contributed by atoms with Gasteiger partial charge in [-0.05, 0) is 25.0 Å². The van der Waals surface area contributed by atoms with E-state index >= 15 is 0 Å². The van der Waals surface area contributed by atoms with Crippen LogP contribution in [0.5, 0.6) is 0 Å². The summed E-state index contributed by atoms with van der Waals surface area (Å²) in [6.07, 6.45) is 1.09. The Labute approximate surface area is 130 Å². The van der Waals surface area contributed by atoms with Crippen LogP contribution in [0.15, 0.2) is 24.3 Å². The number of amides is 1. The first kappa shape index (κ1) is 16.9. The van der Waals surface area contributed by atoms with Crippen LogP contribution in [0.3, 0.4) is 0 Å². The predicted molar refractivity (Wildman–Crippen MR) is 81.2 cm³/mol. The lowest BCUT2D eigenvalue weighted by Crippen LogP contribution is -2.47. The molecule has 1 aromatic rings. The number of halogens is 1. The van der Waals surface area contributed by atoms with Gasteiger partial charge in [0.1, 0.15) is 5.82 Å². The second-order valence-corrected chi connectivity index (χ2v) is 5.64. The van der Waals surface area contributed by atoms with Gasteiger partial charge in [0, 0.05) is 32.8 Å². The van der Waals surface area contributed by atoms with E-state index < -0.39 is 11.9 Å². The topological polar surface area (TPSA) is 61.8 Å². The molecule has 22 heavy (non-hydrogen) atoms. The summed E-state index contributed by atoms with van der Waals surface area (Å²) < 4.78 is 18.5. The molecule has 1 atom stereocenters. The zero-order chi connectivity index (χ0) is 15.9. The first-order valence-electron chi connectivity index (χ1n) is 7.55. The number of nitrogens with zero attached hydrogens (tertiary/aromatic N) is 1. The molecule has 1 unspecified atom stereocenters. The molecule has 1 saturated heterocycles. The maximum Gasteiger partial charge on any atom is 0.254 e. The number of aliphatic hydroxyl groups excluding tert-OH is 1. The van der Waals surface area contributed by atoms with Crippen molar-refractivity contribution in [2.24, 2.45) is 0 Å². The zero-order valence-electron chi connectivity index (χ0n) is 12.8. The van der Waals surface area contributed by atoms with Crippen LogP contribution in [0.1, 0.15) is 23.2 Å². The first-order valence-corrected chi connectivity index (χ1v) is 7.55. The van der Waals surface area contributed by atoms with E-state index in [4.69, 9.17) is 4.74 Å². The van der Waals surface area contributed by atoms with E-state index in [9.17, 15) is 14.3 Å². The molecule has 1 fully saturated rings. The van der Waals surface area contributed by atoms with Gasteiger partial charge in [-0.25, -0.2) is 4.39 Å². The van der Waals surface area contributed by atoms with Gasteiger partial charge in [-0.2, -0.15) is 0 Å². The van der Waals surface area contributed by atoms with Crippen molar-refractivity contribution in [3.63, 3.8) is 0 Å². The molecule has 122 valence electrons. The van der Waals surface area contributed by atoms with Crippen LogP contribution >= 0.6 is 0 Å². The summed E-state index contributed by atoms with van der Waals surface area (Å²) in [4.78, 5) is 14.2. The van der Waals surface area contributed by atoms with Gasteiger partial charge in [-0.15, -0.1) is 0 Å². The molecule has 2 N–H and O–H groups in total. The van der Waals surface area contributed by atoms with Gasteiger partial charge in [0.2, 0.25) is 0 Å². The van der Waals surface area contributed by atoms with Gasteiger partial charge in [0.15, 0.2) is 0 Å². The molecule has 0 aliphatic carbocycles. The molecular weight excluding hydrogens is 287 g/mol. The number of aliphatic hydroxyl groups is 1. The highest BCUT2D eigenvalue weighted by molar-refractivity contribution is 5.94. The Hall–Kier alpha value is -1.50. The summed E-state index contributed by atoms with van der Waals surface area (Å²) >= 11 is 0. The summed E-state index contributed by atoms with van der Waals surface area (Å²) in [7, 11) is 1.56. The number of rotatable bonds is 6. The first-order chi connectivity index (χ1) is 10.6. The number of benzene rings is 1. The standard InChI is InChI=1S/C16H23FN2O3/c1-22-11-13(20)10-19-8-6-12(7-9-19)18-16(21)14-4-2-3-5-15(14)17/h2-5,12-13,20H,6-11H2,1H3,(H,18,21). The monoisotopic (exact) mass is 310 g/mol. The maximum atomic E-state index is 13.6. The van der Waals surface area contributed by atoms with E-state index in [1.165, 1.54) is 12.1 Å². The molecular formula is C16H23FN2O3. The van der Waals surface area contributed by atoms with E-state index in [2.05, 4.69) is 10.2 Å². The fraction of sp³-hybridized carbons (Fsp3) is 0.562. The van der Waals surface area contributed by atoms with Crippen LogP contribution in [-0.2, 0) is 4.74 Å². The number of methoxy groups -OCH3 is 1. The molecule has 0 spiro atoms. The van der Waals surface area contributed by atoms with Gasteiger partial charge < -0.3 is 20.1 Å². The second kappa shape index (κ2) is 8.22. The minimum Gasteiger partial charge on any atom is -0.389 e. The Morgan fingerprint density at radius 1 is 1.45 bits per heavy atom. The van der Waals surface area contributed by atoms with Gasteiger partial charge in [0.05, 0.1) is 18.3 Å². The van der Waals surface area contributed by atoms with Crippen molar-refractivity contribution in [2.75, 3.05) is 33.4 Å². The highest BCUT2D eigenvalue weighted by atomic mass is 19.1. The molecule has 6 heteroatoms. The van der Waals surface area contributed by atoms with Crippen molar-refractivity contribution in [2.45, 2.75) is 25.0 Å². The number of hydrogen-bond donors (Lipinski definition) is 2. The molecule has 0 aromatic heterocycles. The Morgan fingerprint density at radius 2 is 2.14 bits per heavy atom. The Morgan fingerprint density at radius 3 is 2.77 bits per heavy atom. The molecule has 1 aliphatic heterocycles. The van der Waals surface area contributed by atoms with Crippen molar-refractivity contribution in [3.05, 3.63) is 35.6 Å². The number of piperidine rings is 1. The van der Waals surface area contributed by atoms with Gasteiger partial charge in [0.25, 0.3) is 5.91 Å². The highest BCUT2D eigenvalue weighted by Gasteiger charge is 2.23. The molecule has 0 radical (unpaired) electrons. The van der Waals surface area contributed by atoms with E-state index in [0.29, 0.717) is 13.2 Å². The number of β-amino-alcohol motifs (C(OH)–C–C–N with tert-alkyl or cyclic N) is 1. The average molecular weight is 310 g/mol. The van der Waals surface area contributed by atoms with E-state index in [1.807, 2.05) is 0 Å². The number of carbonyl (C=O) groups is 1. The van der Waals surface area contributed by atoms with E-state index in [1.54, 1.807) is 19.2 Å². The normalized spacial score (nSPS) is 18.1. The summed E-state index contributed by atoms with van der Waals surface area (Å²) in [6, 6.07) is 6.03. The summed E-state index contributed by atoms with van der Waals surface area (Å²) in [5.41, 5.74) is 0.0837. The summed E-state index contributed by atoms with van der Waals surface area (Å²) in [5.74, 6) is -0.865. The SMILES string of the molecule is COCC(O)CN1CCC(NC(=O)c2ccccc2F)CC1. The summed E-state index contributed by atoms with van der Waals surface area (Å²) in [5, 5.41) is 12.6. The lowest BCUT2D eigenvalue weighted by atomic mass is 10.0. The molecule has 0 bridgehead atoms. The number of likely N-dealkylation sites (tertiary alicyclic amines) is 1. The smallest absolute Gasteiger partial charge is 0.254 e. The van der Waals surface area contributed by atoms with Crippen molar-refractivity contribution >= 4 is 5.91 Å². The quantitative estimate of drug-likeness (QED) is 0.824. The molecule has 1 amide bonds. The van der Waals surface area contributed by atoms with Crippen molar-refractivity contribution in [1.29, 1.82) is 0 Å².